The number of ether oxygens (including phenoxy) is 3. The second-order valence-electron chi connectivity index (χ2n) is 7.82. The second kappa shape index (κ2) is 10.1. The van der Waals surface area contributed by atoms with Gasteiger partial charge >= 0.3 is 11.9 Å². The monoisotopic (exact) mass is 376 g/mol. The molecule has 0 aromatic heterocycles. The van der Waals surface area contributed by atoms with Gasteiger partial charge in [0.1, 0.15) is 23.6 Å². The Morgan fingerprint density at radius 2 is 1.70 bits per heavy atom. The first kappa shape index (κ1) is 22.7. The first-order valence-corrected chi connectivity index (χ1v) is 9.30. The van der Waals surface area contributed by atoms with Gasteiger partial charge < -0.3 is 14.2 Å². The molecule has 5 heteroatoms. The quantitative estimate of drug-likeness (QED) is 0.467. The number of carbonyl (C=O) groups is 2. The average molecular weight is 376 g/mol. The van der Waals surface area contributed by atoms with Crippen LogP contribution in [0, 0.1) is 11.8 Å². The van der Waals surface area contributed by atoms with E-state index in [4.69, 9.17) is 14.2 Å². The Morgan fingerprint density at radius 3 is 2.22 bits per heavy atom. The summed E-state index contributed by atoms with van der Waals surface area (Å²) in [6.07, 6.45) is 0.848. The third-order valence-corrected chi connectivity index (χ3v) is 3.97. The first-order valence-electron chi connectivity index (χ1n) is 9.30. The summed E-state index contributed by atoms with van der Waals surface area (Å²) in [6, 6.07) is 9.36. The molecule has 5 nitrogen and oxygen atoms in total. The number of esters is 2. The lowest BCUT2D eigenvalue weighted by molar-refractivity contribution is -0.165. The van der Waals surface area contributed by atoms with E-state index in [0.29, 0.717) is 5.75 Å². The van der Waals surface area contributed by atoms with Crippen molar-refractivity contribution in [1.29, 1.82) is 0 Å². The van der Waals surface area contributed by atoms with Gasteiger partial charge in [0.2, 0.25) is 0 Å². The van der Waals surface area contributed by atoms with Crippen LogP contribution in [0.3, 0.4) is 0 Å². The number of hydrogen-bond donors (Lipinski definition) is 0. The zero-order chi connectivity index (χ0) is 20.6. The molecule has 1 aromatic carbocycles. The topological polar surface area (TPSA) is 61.8 Å². The number of para-hydroxylation sites is 1. The van der Waals surface area contributed by atoms with Crippen molar-refractivity contribution in [2.24, 2.45) is 11.8 Å². The van der Waals surface area contributed by atoms with E-state index < -0.39 is 29.6 Å². The van der Waals surface area contributed by atoms with Crippen LogP contribution in [0.5, 0.6) is 5.75 Å². The van der Waals surface area contributed by atoms with Gasteiger partial charge in [0.15, 0.2) is 0 Å². The molecule has 27 heavy (non-hydrogen) atoms. The molecule has 0 saturated carbocycles. The Labute approximate surface area is 162 Å². The van der Waals surface area contributed by atoms with Gasteiger partial charge in [0, 0.05) is 5.92 Å². The standard InChI is InChI=1S/C22H32O5/c1-8-15(2)20(26-18-12-10-9-11-13-18)17(4)25-21(24)16(3)14-19(23)27-22(5,6)7/h8-13,15-17,20H,1,14H2,2-7H3/t15-,16+,17-,20+/m0/s1. The van der Waals surface area contributed by atoms with Crippen LogP contribution in [0.2, 0.25) is 0 Å². The van der Waals surface area contributed by atoms with Crippen molar-refractivity contribution in [2.75, 3.05) is 0 Å². The third kappa shape index (κ3) is 8.29. The van der Waals surface area contributed by atoms with E-state index in [-0.39, 0.29) is 18.4 Å². The van der Waals surface area contributed by atoms with Crippen LogP contribution in [0.1, 0.15) is 48.0 Å². The minimum absolute atomic E-state index is 0.0238. The lowest BCUT2D eigenvalue weighted by Gasteiger charge is -2.29. The van der Waals surface area contributed by atoms with Crippen molar-refractivity contribution in [2.45, 2.75) is 65.8 Å². The van der Waals surface area contributed by atoms with Gasteiger partial charge in [-0.15, -0.1) is 6.58 Å². The molecular weight excluding hydrogens is 344 g/mol. The Hall–Kier alpha value is -2.30. The van der Waals surface area contributed by atoms with E-state index in [0.717, 1.165) is 0 Å². The van der Waals surface area contributed by atoms with Gasteiger partial charge in [-0.2, -0.15) is 0 Å². The highest BCUT2D eigenvalue weighted by Gasteiger charge is 2.30. The highest BCUT2D eigenvalue weighted by atomic mass is 16.6. The predicted molar refractivity (Wildman–Crippen MR) is 105 cm³/mol. The SMILES string of the molecule is C=C[C@H](C)[C@@H](Oc1ccccc1)[C@H](C)OC(=O)[C@H](C)CC(=O)OC(C)(C)C. The van der Waals surface area contributed by atoms with E-state index in [2.05, 4.69) is 6.58 Å². The second-order valence-corrected chi connectivity index (χ2v) is 7.82. The number of rotatable bonds is 9. The molecule has 1 rings (SSSR count). The maximum Gasteiger partial charge on any atom is 0.309 e. The summed E-state index contributed by atoms with van der Waals surface area (Å²) in [6.45, 7) is 14.6. The van der Waals surface area contributed by atoms with Gasteiger partial charge in [0.25, 0.3) is 0 Å². The summed E-state index contributed by atoms with van der Waals surface area (Å²) in [4.78, 5) is 24.3. The molecule has 0 radical (unpaired) electrons. The molecular formula is C22H32O5. The van der Waals surface area contributed by atoms with Gasteiger partial charge in [0.05, 0.1) is 12.3 Å². The molecule has 4 atom stereocenters. The largest absolute Gasteiger partial charge is 0.486 e. The van der Waals surface area contributed by atoms with Crippen LogP contribution in [0.4, 0.5) is 0 Å². The highest BCUT2D eigenvalue weighted by Crippen LogP contribution is 2.22. The number of hydrogen-bond acceptors (Lipinski definition) is 5. The van der Waals surface area contributed by atoms with Crippen molar-refractivity contribution >= 4 is 11.9 Å². The smallest absolute Gasteiger partial charge is 0.309 e. The summed E-state index contributed by atoms with van der Waals surface area (Å²) < 4.78 is 16.9. The van der Waals surface area contributed by atoms with Gasteiger partial charge in [-0.1, -0.05) is 38.1 Å². The zero-order valence-electron chi connectivity index (χ0n) is 17.2. The summed E-state index contributed by atoms with van der Waals surface area (Å²) in [5, 5.41) is 0. The lowest BCUT2D eigenvalue weighted by Crippen LogP contribution is -2.39. The van der Waals surface area contributed by atoms with Crippen molar-refractivity contribution in [3.8, 4) is 5.75 Å². The van der Waals surface area contributed by atoms with Crippen molar-refractivity contribution in [3.63, 3.8) is 0 Å². The normalized spacial score (nSPS) is 15.8. The third-order valence-electron chi connectivity index (χ3n) is 3.97. The Balaban J connectivity index is 2.70. The Bertz CT molecular complexity index is 617. The summed E-state index contributed by atoms with van der Waals surface area (Å²) in [5.74, 6) is -0.809. The summed E-state index contributed by atoms with van der Waals surface area (Å²) >= 11 is 0. The molecule has 0 heterocycles. The summed E-state index contributed by atoms with van der Waals surface area (Å²) in [5.41, 5.74) is -0.581. The lowest BCUT2D eigenvalue weighted by atomic mass is 10.00. The molecule has 0 unspecified atom stereocenters. The Kier molecular flexibility index (Phi) is 8.54. The van der Waals surface area contributed by atoms with E-state index >= 15 is 0 Å². The number of benzene rings is 1. The van der Waals surface area contributed by atoms with Crippen LogP contribution in [-0.4, -0.2) is 29.7 Å². The predicted octanol–water partition coefficient (Wildman–Crippen LogP) is 4.56. The van der Waals surface area contributed by atoms with E-state index in [1.54, 1.807) is 40.7 Å². The molecule has 150 valence electrons. The fourth-order valence-electron chi connectivity index (χ4n) is 2.50. The number of carbonyl (C=O) groups excluding carboxylic acids is 2. The van der Waals surface area contributed by atoms with E-state index in [9.17, 15) is 9.59 Å². The van der Waals surface area contributed by atoms with E-state index in [1.807, 2.05) is 37.3 Å². The van der Waals surface area contributed by atoms with Crippen LogP contribution in [-0.2, 0) is 19.1 Å². The maximum absolute atomic E-state index is 12.4. The van der Waals surface area contributed by atoms with Gasteiger partial charge in [-0.25, -0.2) is 0 Å². The first-order chi connectivity index (χ1) is 12.5. The molecule has 0 aliphatic carbocycles. The molecule has 0 bridgehead atoms. The molecule has 0 spiro atoms. The van der Waals surface area contributed by atoms with Crippen molar-refractivity contribution in [3.05, 3.63) is 43.0 Å². The minimum atomic E-state index is -0.598. The molecule has 0 aliphatic heterocycles. The average Bonchev–Trinajstić information content (AvgIpc) is 2.57. The molecule has 0 aliphatic rings. The Morgan fingerprint density at radius 1 is 1.11 bits per heavy atom. The molecule has 0 amide bonds. The summed E-state index contributed by atoms with van der Waals surface area (Å²) in [7, 11) is 0. The van der Waals surface area contributed by atoms with Gasteiger partial charge in [-0.3, -0.25) is 9.59 Å². The molecule has 1 aromatic rings. The van der Waals surface area contributed by atoms with Gasteiger partial charge in [-0.05, 0) is 39.8 Å². The molecule has 0 saturated heterocycles. The highest BCUT2D eigenvalue weighted by molar-refractivity contribution is 5.79. The maximum atomic E-state index is 12.4. The fraction of sp³-hybridized carbons (Fsp3) is 0.545. The van der Waals surface area contributed by atoms with Crippen molar-refractivity contribution < 1.29 is 23.8 Å². The van der Waals surface area contributed by atoms with E-state index in [1.165, 1.54) is 0 Å². The molecule has 0 fully saturated rings. The van der Waals surface area contributed by atoms with Crippen LogP contribution in [0.15, 0.2) is 43.0 Å². The van der Waals surface area contributed by atoms with Crippen LogP contribution >= 0.6 is 0 Å². The zero-order valence-corrected chi connectivity index (χ0v) is 17.2. The molecule has 0 N–H and O–H groups in total. The minimum Gasteiger partial charge on any atom is -0.486 e. The fourth-order valence-corrected chi connectivity index (χ4v) is 2.50. The van der Waals surface area contributed by atoms with Crippen LogP contribution in [0.25, 0.3) is 0 Å². The van der Waals surface area contributed by atoms with Crippen LogP contribution < -0.4 is 4.74 Å². The van der Waals surface area contributed by atoms with Crippen molar-refractivity contribution in [1.82, 2.24) is 0 Å².